The molecule has 5 nitrogen and oxygen atoms in total. The predicted molar refractivity (Wildman–Crippen MR) is 88.7 cm³/mol. The van der Waals surface area contributed by atoms with Gasteiger partial charge in [-0.3, -0.25) is 9.59 Å². The monoisotopic (exact) mass is 361 g/mol. The van der Waals surface area contributed by atoms with Crippen LogP contribution in [0.15, 0.2) is 42.5 Å². The van der Waals surface area contributed by atoms with Crippen molar-refractivity contribution in [3.63, 3.8) is 0 Å². The lowest BCUT2D eigenvalue weighted by Gasteiger charge is -2.36. The van der Waals surface area contributed by atoms with Crippen LogP contribution in [0.5, 0.6) is 5.75 Å². The number of hydrogen-bond acceptors (Lipinski definition) is 3. The van der Waals surface area contributed by atoms with Crippen molar-refractivity contribution in [1.82, 2.24) is 4.90 Å². The molecular formula is C19H17F2NO4. The largest absolute Gasteiger partial charge is 0.481 e. The van der Waals surface area contributed by atoms with Gasteiger partial charge >= 0.3 is 5.97 Å². The van der Waals surface area contributed by atoms with Gasteiger partial charge < -0.3 is 14.7 Å². The number of benzene rings is 2. The Morgan fingerprint density at radius 1 is 1.19 bits per heavy atom. The molecule has 7 heteroatoms. The molecule has 2 aromatic rings. The molecule has 136 valence electrons. The molecule has 1 aliphatic heterocycles. The summed E-state index contributed by atoms with van der Waals surface area (Å²) in [7, 11) is 0. The van der Waals surface area contributed by atoms with E-state index in [2.05, 4.69) is 0 Å². The number of rotatable bonds is 5. The Kier molecular flexibility index (Phi) is 5.16. The standard InChI is InChI=1S/C19H17F2NO4/c20-13-5-6-17(15(21)9-13)26-11-18(23)22-8-7-12-3-1-2-4-14(12)16(22)10-19(24)25/h1-6,9,16H,7-8,10-11H2,(H,24,25)/t16-/m1/s1. The van der Waals surface area contributed by atoms with E-state index in [0.29, 0.717) is 19.0 Å². The molecule has 3 rings (SSSR count). The van der Waals surface area contributed by atoms with Gasteiger partial charge in [-0.1, -0.05) is 24.3 Å². The van der Waals surface area contributed by atoms with Crippen molar-refractivity contribution in [3.8, 4) is 5.75 Å². The summed E-state index contributed by atoms with van der Waals surface area (Å²) in [6, 6.07) is 9.60. The minimum absolute atomic E-state index is 0.229. The van der Waals surface area contributed by atoms with E-state index in [9.17, 15) is 23.5 Å². The van der Waals surface area contributed by atoms with E-state index in [1.165, 1.54) is 4.90 Å². The zero-order valence-electron chi connectivity index (χ0n) is 13.8. The fourth-order valence-electron chi connectivity index (χ4n) is 3.15. The van der Waals surface area contributed by atoms with Crippen molar-refractivity contribution >= 4 is 11.9 Å². The maximum atomic E-state index is 13.6. The normalized spacial score (nSPS) is 16.1. The molecule has 0 radical (unpaired) electrons. The second-order valence-electron chi connectivity index (χ2n) is 6.01. The molecule has 0 saturated carbocycles. The van der Waals surface area contributed by atoms with Gasteiger partial charge in [-0.15, -0.1) is 0 Å². The number of fused-ring (bicyclic) bond motifs is 1. The molecule has 0 unspecified atom stereocenters. The van der Waals surface area contributed by atoms with Crippen LogP contribution in [0, 0.1) is 11.6 Å². The topological polar surface area (TPSA) is 66.8 Å². The lowest BCUT2D eigenvalue weighted by Crippen LogP contribution is -2.43. The molecule has 1 amide bonds. The van der Waals surface area contributed by atoms with Crippen LogP contribution in [0.3, 0.4) is 0 Å². The Morgan fingerprint density at radius 3 is 2.69 bits per heavy atom. The van der Waals surface area contributed by atoms with Gasteiger partial charge in [-0.2, -0.15) is 0 Å². The fraction of sp³-hybridized carbons (Fsp3) is 0.263. The van der Waals surface area contributed by atoms with E-state index in [0.717, 1.165) is 23.3 Å². The van der Waals surface area contributed by atoms with Crippen molar-refractivity contribution in [2.45, 2.75) is 18.9 Å². The maximum absolute atomic E-state index is 13.6. The summed E-state index contributed by atoms with van der Waals surface area (Å²) >= 11 is 0. The lowest BCUT2D eigenvalue weighted by atomic mass is 9.90. The number of hydrogen-bond donors (Lipinski definition) is 1. The van der Waals surface area contributed by atoms with Crippen LogP contribution in [0.25, 0.3) is 0 Å². The Bertz CT molecular complexity index is 840. The Labute approximate surface area is 148 Å². The number of aliphatic carboxylic acids is 1. The van der Waals surface area contributed by atoms with E-state index < -0.39 is 36.2 Å². The molecule has 0 aromatic heterocycles. The van der Waals surface area contributed by atoms with Gasteiger partial charge in [0.25, 0.3) is 5.91 Å². The molecule has 1 aliphatic rings. The van der Waals surface area contributed by atoms with Gasteiger partial charge in [0.05, 0.1) is 12.5 Å². The van der Waals surface area contributed by atoms with Crippen molar-refractivity contribution in [1.29, 1.82) is 0 Å². The fourth-order valence-corrected chi connectivity index (χ4v) is 3.15. The number of carbonyl (C=O) groups excluding carboxylic acids is 1. The van der Waals surface area contributed by atoms with Crippen LogP contribution in [-0.2, 0) is 16.0 Å². The SMILES string of the molecule is O=C(O)C[C@@H]1c2ccccc2CCN1C(=O)COc1ccc(F)cc1F. The highest BCUT2D eigenvalue weighted by Gasteiger charge is 2.32. The molecule has 0 fully saturated rings. The Morgan fingerprint density at radius 2 is 1.96 bits per heavy atom. The van der Waals surface area contributed by atoms with Crippen molar-refractivity contribution in [2.75, 3.05) is 13.2 Å². The Balaban J connectivity index is 1.76. The zero-order chi connectivity index (χ0) is 18.7. The van der Waals surface area contributed by atoms with Crippen LogP contribution in [0.2, 0.25) is 0 Å². The second-order valence-corrected chi connectivity index (χ2v) is 6.01. The molecule has 2 aromatic carbocycles. The summed E-state index contributed by atoms with van der Waals surface area (Å²) in [4.78, 5) is 25.3. The van der Waals surface area contributed by atoms with Gasteiger partial charge in [0.2, 0.25) is 0 Å². The van der Waals surface area contributed by atoms with Crippen LogP contribution in [-0.4, -0.2) is 35.0 Å². The number of carboxylic acid groups (broad SMARTS) is 1. The summed E-state index contributed by atoms with van der Waals surface area (Å²) in [6.07, 6.45) is 0.372. The second kappa shape index (κ2) is 7.51. The number of halogens is 2. The van der Waals surface area contributed by atoms with Crippen LogP contribution in [0.1, 0.15) is 23.6 Å². The van der Waals surface area contributed by atoms with Crippen molar-refractivity contribution in [2.24, 2.45) is 0 Å². The predicted octanol–water partition coefficient (Wildman–Crippen LogP) is 2.94. The van der Waals surface area contributed by atoms with E-state index in [1.54, 1.807) is 6.07 Å². The van der Waals surface area contributed by atoms with E-state index in [4.69, 9.17) is 4.74 Å². The molecule has 0 bridgehead atoms. The summed E-state index contributed by atoms with van der Waals surface area (Å²) in [5, 5.41) is 9.21. The first-order chi connectivity index (χ1) is 12.5. The third kappa shape index (κ3) is 3.82. The molecule has 26 heavy (non-hydrogen) atoms. The Hall–Kier alpha value is -2.96. The first-order valence-corrected chi connectivity index (χ1v) is 8.12. The first-order valence-electron chi connectivity index (χ1n) is 8.12. The molecule has 0 spiro atoms. The number of carboxylic acids is 1. The summed E-state index contributed by atoms with van der Waals surface area (Å²) < 4.78 is 31.7. The minimum Gasteiger partial charge on any atom is -0.481 e. The van der Waals surface area contributed by atoms with Gasteiger partial charge in [0.1, 0.15) is 5.82 Å². The van der Waals surface area contributed by atoms with Gasteiger partial charge in [0, 0.05) is 12.6 Å². The molecule has 1 heterocycles. The number of ether oxygens (including phenoxy) is 1. The van der Waals surface area contributed by atoms with Gasteiger partial charge in [-0.05, 0) is 29.7 Å². The lowest BCUT2D eigenvalue weighted by molar-refractivity contribution is -0.142. The highest BCUT2D eigenvalue weighted by atomic mass is 19.1. The van der Waals surface area contributed by atoms with E-state index in [1.807, 2.05) is 18.2 Å². The van der Waals surface area contributed by atoms with Crippen molar-refractivity contribution < 1.29 is 28.2 Å². The average Bonchev–Trinajstić information content (AvgIpc) is 2.60. The van der Waals surface area contributed by atoms with Gasteiger partial charge in [-0.25, -0.2) is 8.78 Å². The molecular weight excluding hydrogens is 344 g/mol. The minimum atomic E-state index is -1.02. The molecule has 1 N–H and O–H groups in total. The van der Waals surface area contributed by atoms with Crippen LogP contribution < -0.4 is 4.74 Å². The zero-order valence-corrected chi connectivity index (χ0v) is 13.8. The third-order valence-corrected chi connectivity index (χ3v) is 4.35. The first kappa shape index (κ1) is 17.8. The molecule has 0 saturated heterocycles. The average molecular weight is 361 g/mol. The van der Waals surface area contributed by atoms with E-state index in [-0.39, 0.29) is 12.2 Å². The third-order valence-electron chi connectivity index (χ3n) is 4.35. The highest BCUT2D eigenvalue weighted by Crippen LogP contribution is 2.32. The summed E-state index contributed by atoms with van der Waals surface area (Å²) in [6.45, 7) is -0.107. The summed E-state index contributed by atoms with van der Waals surface area (Å²) in [5.74, 6) is -3.34. The smallest absolute Gasteiger partial charge is 0.305 e. The van der Waals surface area contributed by atoms with Crippen LogP contribution >= 0.6 is 0 Å². The molecule has 0 aliphatic carbocycles. The number of nitrogens with zero attached hydrogens (tertiary/aromatic N) is 1. The summed E-state index contributed by atoms with van der Waals surface area (Å²) in [5.41, 5.74) is 1.80. The molecule has 1 atom stereocenters. The quantitative estimate of drug-likeness (QED) is 0.889. The number of carbonyl (C=O) groups is 2. The number of amides is 1. The maximum Gasteiger partial charge on any atom is 0.305 e. The van der Waals surface area contributed by atoms with Gasteiger partial charge in [0.15, 0.2) is 18.2 Å². The van der Waals surface area contributed by atoms with Crippen LogP contribution in [0.4, 0.5) is 8.78 Å². The van der Waals surface area contributed by atoms with E-state index >= 15 is 0 Å². The van der Waals surface area contributed by atoms with Crippen molar-refractivity contribution in [3.05, 3.63) is 65.2 Å². The highest BCUT2D eigenvalue weighted by molar-refractivity contribution is 5.80.